The first kappa shape index (κ1) is 11.3. The quantitative estimate of drug-likeness (QED) is 0.831. The minimum Gasteiger partial charge on any atom is -0.495 e. The lowest BCUT2D eigenvalue weighted by Crippen LogP contribution is -1.95. The summed E-state index contributed by atoms with van der Waals surface area (Å²) in [5.41, 5.74) is 3.99. The SMILES string of the molecule is COc1cc(-c2c(C)noc2C)cnc1C1CC1. The van der Waals surface area contributed by atoms with Crippen molar-refractivity contribution in [2.75, 3.05) is 7.11 Å². The predicted molar refractivity (Wildman–Crippen MR) is 67.7 cm³/mol. The van der Waals surface area contributed by atoms with Crippen molar-refractivity contribution >= 4 is 0 Å². The number of hydrogen-bond acceptors (Lipinski definition) is 4. The first-order valence-corrected chi connectivity index (χ1v) is 6.18. The van der Waals surface area contributed by atoms with Gasteiger partial charge in [-0.05, 0) is 32.8 Å². The molecular weight excluding hydrogens is 228 g/mol. The molecule has 94 valence electrons. The summed E-state index contributed by atoms with van der Waals surface area (Å²) in [6.45, 7) is 3.85. The van der Waals surface area contributed by atoms with Crippen LogP contribution in [0.3, 0.4) is 0 Å². The van der Waals surface area contributed by atoms with E-state index in [0.717, 1.165) is 34.0 Å². The molecule has 0 aliphatic heterocycles. The highest BCUT2D eigenvalue weighted by molar-refractivity contribution is 5.68. The van der Waals surface area contributed by atoms with E-state index in [1.54, 1.807) is 7.11 Å². The summed E-state index contributed by atoms with van der Waals surface area (Å²) in [5.74, 6) is 2.27. The maximum absolute atomic E-state index is 5.45. The third-order valence-corrected chi connectivity index (χ3v) is 3.39. The summed E-state index contributed by atoms with van der Waals surface area (Å²) in [5, 5.41) is 3.97. The maximum atomic E-state index is 5.45. The Labute approximate surface area is 106 Å². The molecule has 0 spiro atoms. The fraction of sp³-hybridized carbons (Fsp3) is 0.429. The van der Waals surface area contributed by atoms with Crippen molar-refractivity contribution in [3.05, 3.63) is 29.4 Å². The maximum Gasteiger partial charge on any atom is 0.141 e. The number of methoxy groups -OCH3 is 1. The van der Waals surface area contributed by atoms with E-state index in [4.69, 9.17) is 9.26 Å². The van der Waals surface area contributed by atoms with Crippen LogP contribution < -0.4 is 4.74 Å². The molecule has 0 aromatic carbocycles. The van der Waals surface area contributed by atoms with Gasteiger partial charge in [-0.3, -0.25) is 4.98 Å². The normalized spacial score (nSPS) is 14.8. The van der Waals surface area contributed by atoms with Gasteiger partial charge in [0.05, 0.1) is 18.5 Å². The second kappa shape index (κ2) is 4.12. The zero-order chi connectivity index (χ0) is 12.7. The second-order valence-corrected chi connectivity index (χ2v) is 4.78. The average molecular weight is 244 g/mol. The Bertz CT molecular complexity index is 566. The molecule has 4 nitrogen and oxygen atoms in total. The van der Waals surface area contributed by atoms with Crippen molar-refractivity contribution in [3.63, 3.8) is 0 Å². The van der Waals surface area contributed by atoms with Gasteiger partial charge in [0, 0.05) is 23.2 Å². The van der Waals surface area contributed by atoms with E-state index in [1.165, 1.54) is 12.8 Å². The lowest BCUT2D eigenvalue weighted by Gasteiger charge is -2.08. The summed E-state index contributed by atoms with van der Waals surface area (Å²) in [4.78, 5) is 4.56. The first-order valence-electron chi connectivity index (χ1n) is 6.18. The fourth-order valence-corrected chi connectivity index (χ4v) is 2.31. The smallest absolute Gasteiger partial charge is 0.141 e. The fourth-order valence-electron chi connectivity index (χ4n) is 2.31. The molecule has 0 saturated heterocycles. The molecule has 1 fully saturated rings. The van der Waals surface area contributed by atoms with Crippen LogP contribution in [0, 0.1) is 13.8 Å². The topological polar surface area (TPSA) is 48.2 Å². The Morgan fingerprint density at radius 2 is 2.11 bits per heavy atom. The predicted octanol–water partition coefficient (Wildman–Crippen LogP) is 3.24. The average Bonchev–Trinajstić information content (AvgIpc) is 3.16. The Hall–Kier alpha value is -1.84. The van der Waals surface area contributed by atoms with Gasteiger partial charge < -0.3 is 9.26 Å². The van der Waals surface area contributed by atoms with E-state index >= 15 is 0 Å². The summed E-state index contributed by atoms with van der Waals surface area (Å²) >= 11 is 0. The molecule has 1 aliphatic carbocycles. The number of hydrogen-bond donors (Lipinski definition) is 0. The number of rotatable bonds is 3. The third kappa shape index (κ3) is 1.78. The molecule has 3 rings (SSSR count). The summed E-state index contributed by atoms with van der Waals surface area (Å²) in [6, 6.07) is 2.03. The molecule has 0 N–H and O–H groups in total. The van der Waals surface area contributed by atoms with Crippen LogP contribution in [0.25, 0.3) is 11.1 Å². The number of aryl methyl sites for hydroxylation is 2. The van der Waals surface area contributed by atoms with Crippen LogP contribution in [-0.4, -0.2) is 17.3 Å². The second-order valence-electron chi connectivity index (χ2n) is 4.78. The van der Waals surface area contributed by atoms with E-state index in [0.29, 0.717) is 5.92 Å². The van der Waals surface area contributed by atoms with E-state index < -0.39 is 0 Å². The van der Waals surface area contributed by atoms with Crippen molar-refractivity contribution in [1.82, 2.24) is 10.1 Å². The van der Waals surface area contributed by atoms with E-state index in [1.807, 2.05) is 26.1 Å². The molecule has 0 bridgehead atoms. The highest BCUT2D eigenvalue weighted by atomic mass is 16.5. The molecular formula is C14H16N2O2. The van der Waals surface area contributed by atoms with Crippen molar-refractivity contribution in [1.29, 1.82) is 0 Å². The summed E-state index contributed by atoms with van der Waals surface area (Å²) < 4.78 is 10.6. The van der Waals surface area contributed by atoms with Gasteiger partial charge in [0.2, 0.25) is 0 Å². The number of ether oxygens (including phenoxy) is 1. The van der Waals surface area contributed by atoms with Crippen LogP contribution >= 0.6 is 0 Å². The lowest BCUT2D eigenvalue weighted by atomic mass is 10.0. The van der Waals surface area contributed by atoms with Gasteiger partial charge in [-0.25, -0.2) is 0 Å². The summed E-state index contributed by atoms with van der Waals surface area (Å²) in [7, 11) is 1.69. The third-order valence-electron chi connectivity index (χ3n) is 3.39. The van der Waals surface area contributed by atoms with Gasteiger partial charge in [-0.2, -0.15) is 0 Å². The van der Waals surface area contributed by atoms with Crippen LogP contribution in [-0.2, 0) is 0 Å². The van der Waals surface area contributed by atoms with Crippen LogP contribution in [0.5, 0.6) is 5.75 Å². The number of nitrogens with zero attached hydrogens (tertiary/aromatic N) is 2. The van der Waals surface area contributed by atoms with Crippen LogP contribution in [0.1, 0.15) is 35.9 Å². The molecule has 0 unspecified atom stereocenters. The standard InChI is InChI=1S/C14H16N2O2/c1-8-13(9(2)18-16-8)11-6-12(17-3)14(15-7-11)10-4-5-10/h6-7,10H,4-5H2,1-3H3. The Morgan fingerprint density at radius 3 is 2.67 bits per heavy atom. The largest absolute Gasteiger partial charge is 0.495 e. The molecule has 18 heavy (non-hydrogen) atoms. The minimum atomic E-state index is 0.582. The van der Waals surface area contributed by atoms with E-state index in [2.05, 4.69) is 10.1 Å². The van der Waals surface area contributed by atoms with Crippen molar-refractivity contribution in [3.8, 4) is 16.9 Å². The number of pyridine rings is 1. The van der Waals surface area contributed by atoms with Crippen LogP contribution in [0.2, 0.25) is 0 Å². The molecule has 2 heterocycles. The Morgan fingerprint density at radius 1 is 1.33 bits per heavy atom. The molecule has 0 atom stereocenters. The van der Waals surface area contributed by atoms with Crippen molar-refractivity contribution in [2.45, 2.75) is 32.6 Å². The van der Waals surface area contributed by atoms with Gasteiger partial charge in [0.1, 0.15) is 11.5 Å². The Kier molecular flexibility index (Phi) is 2.58. The molecule has 0 radical (unpaired) electrons. The van der Waals surface area contributed by atoms with Crippen molar-refractivity contribution in [2.24, 2.45) is 0 Å². The lowest BCUT2D eigenvalue weighted by molar-refractivity contribution is 0.393. The van der Waals surface area contributed by atoms with Gasteiger partial charge in [-0.1, -0.05) is 5.16 Å². The van der Waals surface area contributed by atoms with E-state index in [9.17, 15) is 0 Å². The minimum absolute atomic E-state index is 0.582. The Balaban J connectivity index is 2.08. The number of aromatic nitrogens is 2. The monoisotopic (exact) mass is 244 g/mol. The molecule has 2 aromatic heterocycles. The highest BCUT2D eigenvalue weighted by Crippen LogP contribution is 2.44. The van der Waals surface area contributed by atoms with Gasteiger partial charge in [-0.15, -0.1) is 0 Å². The molecule has 0 amide bonds. The summed E-state index contributed by atoms with van der Waals surface area (Å²) in [6.07, 6.45) is 4.32. The van der Waals surface area contributed by atoms with Gasteiger partial charge in [0.25, 0.3) is 0 Å². The first-order chi connectivity index (χ1) is 8.70. The molecule has 1 aliphatic rings. The molecule has 4 heteroatoms. The zero-order valence-corrected chi connectivity index (χ0v) is 10.9. The van der Waals surface area contributed by atoms with E-state index in [-0.39, 0.29) is 0 Å². The molecule has 1 saturated carbocycles. The van der Waals surface area contributed by atoms with Crippen molar-refractivity contribution < 1.29 is 9.26 Å². The van der Waals surface area contributed by atoms with Gasteiger partial charge in [0.15, 0.2) is 0 Å². The highest BCUT2D eigenvalue weighted by Gasteiger charge is 2.28. The van der Waals surface area contributed by atoms with Crippen LogP contribution in [0.15, 0.2) is 16.8 Å². The van der Waals surface area contributed by atoms with Gasteiger partial charge >= 0.3 is 0 Å². The zero-order valence-electron chi connectivity index (χ0n) is 10.9. The van der Waals surface area contributed by atoms with Crippen LogP contribution in [0.4, 0.5) is 0 Å². The molecule has 2 aromatic rings.